The average Bonchev–Trinajstić information content (AvgIpc) is 2.36. The largest absolute Gasteiger partial charge is 0.348 e. The van der Waals surface area contributed by atoms with Crippen LogP contribution in [0, 0.1) is 23.0 Å². The van der Waals surface area contributed by atoms with Crippen LogP contribution in [0.15, 0.2) is 18.2 Å². The summed E-state index contributed by atoms with van der Waals surface area (Å²) in [5.41, 5.74) is 0.481. The van der Waals surface area contributed by atoms with Crippen LogP contribution >= 0.6 is 15.9 Å². The summed E-state index contributed by atoms with van der Waals surface area (Å²) in [5, 5.41) is 14.6. The minimum absolute atomic E-state index is 0.0392. The molecule has 20 heavy (non-hydrogen) atoms. The number of alkyl halides is 1. The third-order valence-electron chi connectivity index (χ3n) is 2.94. The number of carbonyl (C=O) groups is 1. The lowest BCUT2D eigenvalue weighted by atomic mass is 10.0. The molecule has 0 bridgehead atoms. The second-order valence-corrected chi connectivity index (χ2v) is 5.83. The van der Waals surface area contributed by atoms with Crippen molar-refractivity contribution in [1.82, 2.24) is 5.32 Å². The number of hydrogen-bond acceptors (Lipinski definition) is 3. The van der Waals surface area contributed by atoms with E-state index in [1.807, 2.05) is 0 Å². The number of aryl methyl sites for hydroxylation is 1. The zero-order chi connectivity index (χ0) is 15.3. The summed E-state index contributed by atoms with van der Waals surface area (Å²) in [4.78, 5) is 22.8. The van der Waals surface area contributed by atoms with E-state index in [1.165, 1.54) is 6.07 Å². The van der Waals surface area contributed by atoms with E-state index in [0.717, 1.165) is 6.42 Å². The Morgan fingerprint density at radius 2 is 2.10 bits per heavy atom. The van der Waals surface area contributed by atoms with Gasteiger partial charge < -0.3 is 5.32 Å². The molecule has 110 valence electrons. The van der Waals surface area contributed by atoms with Crippen molar-refractivity contribution in [3.8, 4) is 0 Å². The number of rotatable bonds is 6. The SMILES string of the molecule is Cc1cccc(C(=O)NC(CBr)CC(C)C)c1[N+](=O)[O-]. The van der Waals surface area contributed by atoms with Crippen molar-refractivity contribution in [2.45, 2.75) is 33.2 Å². The molecule has 0 heterocycles. The molecular formula is C14H19BrN2O3. The number of para-hydroxylation sites is 1. The summed E-state index contributed by atoms with van der Waals surface area (Å²) in [6, 6.07) is 4.73. The molecule has 0 fully saturated rings. The minimum atomic E-state index is -0.504. The monoisotopic (exact) mass is 342 g/mol. The predicted molar refractivity (Wildman–Crippen MR) is 82.3 cm³/mol. The molecule has 0 radical (unpaired) electrons. The molecule has 1 N–H and O–H groups in total. The summed E-state index contributed by atoms with van der Waals surface area (Å²) >= 11 is 3.36. The highest BCUT2D eigenvalue weighted by Gasteiger charge is 2.24. The van der Waals surface area contributed by atoms with Gasteiger partial charge in [-0.05, 0) is 25.3 Å². The molecule has 1 atom stereocenters. The third kappa shape index (κ3) is 4.30. The van der Waals surface area contributed by atoms with Crippen LogP contribution in [0.1, 0.15) is 36.2 Å². The Hall–Kier alpha value is -1.43. The lowest BCUT2D eigenvalue weighted by Crippen LogP contribution is -2.37. The van der Waals surface area contributed by atoms with Crippen LogP contribution in [0.5, 0.6) is 0 Å². The van der Waals surface area contributed by atoms with Gasteiger partial charge in [0.2, 0.25) is 0 Å². The maximum Gasteiger partial charge on any atom is 0.285 e. The van der Waals surface area contributed by atoms with E-state index in [4.69, 9.17) is 0 Å². The Morgan fingerprint density at radius 1 is 1.45 bits per heavy atom. The standard InChI is InChI=1S/C14H19BrN2O3/c1-9(2)7-11(8-15)16-14(18)12-6-4-5-10(3)13(12)17(19)20/h4-6,9,11H,7-8H2,1-3H3,(H,16,18). The molecule has 5 nitrogen and oxygen atoms in total. The van der Waals surface area contributed by atoms with Gasteiger partial charge >= 0.3 is 0 Å². The van der Waals surface area contributed by atoms with Gasteiger partial charge in [-0.3, -0.25) is 14.9 Å². The Kier molecular flexibility index (Phi) is 6.13. The van der Waals surface area contributed by atoms with Crippen LogP contribution in [0.2, 0.25) is 0 Å². The van der Waals surface area contributed by atoms with Gasteiger partial charge in [0.15, 0.2) is 0 Å². The van der Waals surface area contributed by atoms with Gasteiger partial charge in [-0.25, -0.2) is 0 Å². The van der Waals surface area contributed by atoms with Gasteiger partial charge in [0.25, 0.3) is 11.6 Å². The van der Waals surface area contributed by atoms with Gasteiger partial charge in [0.05, 0.1) is 4.92 Å². The van der Waals surface area contributed by atoms with E-state index >= 15 is 0 Å². The first-order valence-electron chi connectivity index (χ1n) is 6.47. The third-order valence-corrected chi connectivity index (χ3v) is 3.72. The minimum Gasteiger partial charge on any atom is -0.348 e. The van der Waals surface area contributed by atoms with Gasteiger partial charge in [0, 0.05) is 16.9 Å². The Bertz CT molecular complexity index is 503. The predicted octanol–water partition coefficient (Wildman–Crippen LogP) is 3.44. The molecule has 0 spiro atoms. The van der Waals surface area contributed by atoms with E-state index < -0.39 is 10.8 Å². The first-order valence-corrected chi connectivity index (χ1v) is 7.59. The molecule has 1 amide bonds. The molecular weight excluding hydrogens is 324 g/mol. The highest BCUT2D eigenvalue weighted by molar-refractivity contribution is 9.09. The van der Waals surface area contributed by atoms with Crippen molar-refractivity contribution >= 4 is 27.5 Å². The number of amides is 1. The second kappa shape index (κ2) is 7.38. The highest BCUT2D eigenvalue weighted by Crippen LogP contribution is 2.23. The Balaban J connectivity index is 2.98. The molecule has 1 aromatic rings. The normalized spacial score (nSPS) is 12.2. The summed E-state index contributed by atoms with van der Waals surface area (Å²) in [6.45, 7) is 5.76. The van der Waals surface area contributed by atoms with Gasteiger partial charge in [-0.2, -0.15) is 0 Å². The van der Waals surface area contributed by atoms with E-state index in [9.17, 15) is 14.9 Å². The van der Waals surface area contributed by atoms with E-state index in [0.29, 0.717) is 16.8 Å². The number of halogens is 1. The van der Waals surface area contributed by atoms with Gasteiger partial charge in [-0.15, -0.1) is 0 Å². The van der Waals surface area contributed by atoms with E-state index in [2.05, 4.69) is 35.1 Å². The molecule has 0 saturated carbocycles. The summed E-state index contributed by atoms with van der Waals surface area (Å²) in [6.07, 6.45) is 0.816. The maximum absolute atomic E-state index is 12.2. The average molecular weight is 343 g/mol. The number of nitro benzene ring substituents is 1. The van der Waals surface area contributed by atoms with Crippen LogP contribution in [0.25, 0.3) is 0 Å². The molecule has 1 unspecified atom stereocenters. The highest BCUT2D eigenvalue weighted by atomic mass is 79.9. The fourth-order valence-electron chi connectivity index (χ4n) is 2.08. The molecule has 0 saturated heterocycles. The quantitative estimate of drug-likeness (QED) is 0.489. The Morgan fingerprint density at radius 3 is 2.60 bits per heavy atom. The number of nitro groups is 1. The van der Waals surface area contributed by atoms with Gasteiger partial charge in [-0.1, -0.05) is 41.9 Å². The molecule has 0 aliphatic rings. The lowest BCUT2D eigenvalue weighted by Gasteiger charge is -2.18. The van der Waals surface area contributed by atoms with Crippen molar-refractivity contribution < 1.29 is 9.72 Å². The summed E-state index contributed by atoms with van der Waals surface area (Å²) in [7, 11) is 0. The van der Waals surface area contributed by atoms with Gasteiger partial charge in [0.1, 0.15) is 5.56 Å². The topological polar surface area (TPSA) is 72.2 Å². The summed E-state index contributed by atoms with van der Waals surface area (Å²) < 4.78 is 0. The Labute approximate surface area is 127 Å². The lowest BCUT2D eigenvalue weighted by molar-refractivity contribution is -0.385. The number of carbonyl (C=O) groups excluding carboxylic acids is 1. The van der Waals surface area contributed by atoms with E-state index in [-0.39, 0.29) is 17.3 Å². The van der Waals surface area contributed by atoms with Crippen LogP contribution in [-0.2, 0) is 0 Å². The number of benzene rings is 1. The molecule has 1 aromatic carbocycles. The van der Waals surface area contributed by atoms with Crippen molar-refractivity contribution in [2.24, 2.45) is 5.92 Å². The molecule has 0 aliphatic heterocycles. The van der Waals surface area contributed by atoms with Crippen molar-refractivity contribution in [2.75, 3.05) is 5.33 Å². The first-order chi connectivity index (χ1) is 9.36. The van der Waals surface area contributed by atoms with Crippen molar-refractivity contribution in [3.63, 3.8) is 0 Å². The zero-order valence-electron chi connectivity index (χ0n) is 11.9. The molecule has 0 aromatic heterocycles. The smallest absolute Gasteiger partial charge is 0.285 e. The fraction of sp³-hybridized carbons (Fsp3) is 0.500. The molecule has 0 aliphatic carbocycles. The number of hydrogen-bond donors (Lipinski definition) is 1. The first kappa shape index (κ1) is 16.6. The zero-order valence-corrected chi connectivity index (χ0v) is 13.4. The van der Waals surface area contributed by atoms with Crippen molar-refractivity contribution in [3.05, 3.63) is 39.4 Å². The second-order valence-electron chi connectivity index (χ2n) is 5.18. The molecule has 1 rings (SSSR count). The van der Waals surface area contributed by atoms with Crippen LogP contribution < -0.4 is 5.32 Å². The van der Waals surface area contributed by atoms with Crippen molar-refractivity contribution in [1.29, 1.82) is 0 Å². The number of nitrogens with zero attached hydrogens (tertiary/aromatic N) is 1. The fourth-order valence-corrected chi connectivity index (χ4v) is 2.50. The van der Waals surface area contributed by atoms with Crippen LogP contribution in [0.4, 0.5) is 5.69 Å². The molecule has 6 heteroatoms. The van der Waals surface area contributed by atoms with Crippen LogP contribution in [-0.4, -0.2) is 22.2 Å². The maximum atomic E-state index is 12.2. The van der Waals surface area contributed by atoms with E-state index in [1.54, 1.807) is 19.1 Å². The van der Waals surface area contributed by atoms with Crippen LogP contribution in [0.3, 0.4) is 0 Å². The number of nitrogens with one attached hydrogen (secondary N) is 1. The summed E-state index contributed by atoms with van der Waals surface area (Å²) in [5.74, 6) is 0.0378.